The van der Waals surface area contributed by atoms with E-state index in [4.69, 9.17) is 9.72 Å². The summed E-state index contributed by atoms with van der Waals surface area (Å²) in [5.41, 5.74) is 0.896. The molecule has 0 aliphatic heterocycles. The van der Waals surface area contributed by atoms with E-state index in [9.17, 15) is 9.90 Å². The molecule has 1 saturated carbocycles. The molecule has 0 unspecified atom stereocenters. The number of aliphatic hydroxyl groups is 1. The SMILES string of the molecule is COc1ccc2nc(CCCCC(=O)CC(C)(C)O)n(C3CCC3)c2n1. The van der Waals surface area contributed by atoms with Gasteiger partial charge in [0.05, 0.1) is 12.7 Å². The number of unbranched alkanes of at least 4 members (excludes halogenated alkanes) is 1. The van der Waals surface area contributed by atoms with Gasteiger partial charge in [0.25, 0.3) is 0 Å². The van der Waals surface area contributed by atoms with Gasteiger partial charge < -0.3 is 14.4 Å². The maximum atomic E-state index is 11.9. The van der Waals surface area contributed by atoms with Gasteiger partial charge in [-0.15, -0.1) is 0 Å². The van der Waals surface area contributed by atoms with Crippen molar-refractivity contribution < 1.29 is 14.6 Å². The molecule has 0 spiro atoms. The average molecular weight is 359 g/mol. The number of methoxy groups -OCH3 is 1. The summed E-state index contributed by atoms with van der Waals surface area (Å²) >= 11 is 0. The molecule has 2 aromatic rings. The fraction of sp³-hybridized carbons (Fsp3) is 0.650. The summed E-state index contributed by atoms with van der Waals surface area (Å²) in [6.45, 7) is 3.35. The number of carbonyl (C=O) groups excluding carboxylic acids is 1. The molecular weight excluding hydrogens is 330 g/mol. The normalized spacial score (nSPS) is 15.2. The van der Waals surface area contributed by atoms with E-state index in [1.807, 2.05) is 12.1 Å². The first-order valence-electron chi connectivity index (χ1n) is 9.53. The molecule has 0 aromatic carbocycles. The zero-order valence-electron chi connectivity index (χ0n) is 16.0. The predicted octanol–water partition coefficient (Wildman–Crippen LogP) is 3.61. The lowest BCUT2D eigenvalue weighted by Gasteiger charge is -2.28. The number of ketones is 1. The first-order valence-corrected chi connectivity index (χ1v) is 9.53. The Labute approximate surface area is 154 Å². The lowest BCUT2D eigenvalue weighted by molar-refractivity contribution is -0.122. The van der Waals surface area contributed by atoms with E-state index >= 15 is 0 Å². The van der Waals surface area contributed by atoms with Crippen LogP contribution in [0.25, 0.3) is 11.2 Å². The largest absolute Gasteiger partial charge is 0.481 e. The molecule has 2 aromatic heterocycles. The summed E-state index contributed by atoms with van der Waals surface area (Å²) in [4.78, 5) is 21.3. The topological polar surface area (TPSA) is 77.2 Å². The first kappa shape index (κ1) is 18.8. The number of rotatable bonds is 9. The highest BCUT2D eigenvalue weighted by Crippen LogP contribution is 2.35. The van der Waals surface area contributed by atoms with Crippen molar-refractivity contribution in [1.82, 2.24) is 14.5 Å². The molecule has 26 heavy (non-hydrogen) atoms. The van der Waals surface area contributed by atoms with Gasteiger partial charge in [0.2, 0.25) is 5.88 Å². The van der Waals surface area contributed by atoms with Crippen molar-refractivity contribution in [2.75, 3.05) is 7.11 Å². The Hall–Kier alpha value is -1.95. The molecule has 2 heterocycles. The van der Waals surface area contributed by atoms with E-state index in [1.165, 1.54) is 19.3 Å². The standard InChI is InChI=1S/C20H29N3O3/c1-20(2,25)13-15(24)9-4-5-10-17-21-16-11-12-18(26-3)22-19(16)23(17)14-7-6-8-14/h11-12,14,25H,4-10,13H2,1-3H3. The number of aryl methyl sites for hydroxylation is 1. The molecule has 0 amide bonds. The number of ether oxygens (including phenoxy) is 1. The number of Topliss-reactive ketones (excluding diaryl/α,β-unsaturated/α-hetero) is 1. The van der Waals surface area contributed by atoms with E-state index in [1.54, 1.807) is 21.0 Å². The zero-order chi connectivity index (χ0) is 18.7. The van der Waals surface area contributed by atoms with Gasteiger partial charge in [0.1, 0.15) is 17.1 Å². The number of carbonyl (C=O) groups is 1. The van der Waals surface area contributed by atoms with Crippen LogP contribution < -0.4 is 4.74 Å². The number of nitrogens with zero attached hydrogens (tertiary/aromatic N) is 3. The lowest BCUT2D eigenvalue weighted by Crippen LogP contribution is -2.23. The van der Waals surface area contributed by atoms with Crippen molar-refractivity contribution in [1.29, 1.82) is 0 Å². The number of fused-ring (bicyclic) bond motifs is 1. The Kier molecular flexibility index (Phi) is 5.61. The van der Waals surface area contributed by atoms with E-state index in [0.717, 1.165) is 36.3 Å². The van der Waals surface area contributed by atoms with Gasteiger partial charge in [-0.1, -0.05) is 0 Å². The fourth-order valence-corrected chi connectivity index (χ4v) is 3.50. The molecule has 142 valence electrons. The maximum Gasteiger partial charge on any atom is 0.215 e. The van der Waals surface area contributed by atoms with Crippen LogP contribution in [-0.2, 0) is 11.2 Å². The molecular formula is C20H29N3O3. The van der Waals surface area contributed by atoms with Crippen LogP contribution in [0.5, 0.6) is 5.88 Å². The Morgan fingerprint density at radius 3 is 2.69 bits per heavy atom. The van der Waals surface area contributed by atoms with Crippen LogP contribution in [-0.4, -0.2) is 38.1 Å². The van der Waals surface area contributed by atoms with Crippen LogP contribution in [0.15, 0.2) is 12.1 Å². The molecule has 0 bridgehead atoms. The average Bonchev–Trinajstić information content (AvgIpc) is 2.86. The van der Waals surface area contributed by atoms with Crippen LogP contribution in [0.2, 0.25) is 0 Å². The van der Waals surface area contributed by atoms with Crippen LogP contribution in [0, 0.1) is 0 Å². The second kappa shape index (κ2) is 7.74. The third kappa shape index (κ3) is 4.41. The highest BCUT2D eigenvalue weighted by Gasteiger charge is 2.25. The number of hydrogen-bond donors (Lipinski definition) is 1. The van der Waals surface area contributed by atoms with E-state index in [-0.39, 0.29) is 12.2 Å². The second-order valence-corrected chi connectivity index (χ2v) is 7.91. The third-order valence-corrected chi connectivity index (χ3v) is 4.97. The fourth-order valence-electron chi connectivity index (χ4n) is 3.50. The van der Waals surface area contributed by atoms with Crippen LogP contribution in [0.3, 0.4) is 0 Å². The summed E-state index contributed by atoms with van der Waals surface area (Å²) < 4.78 is 7.55. The Morgan fingerprint density at radius 2 is 2.08 bits per heavy atom. The second-order valence-electron chi connectivity index (χ2n) is 7.91. The molecule has 1 fully saturated rings. The quantitative estimate of drug-likeness (QED) is 0.692. The minimum absolute atomic E-state index is 0.122. The van der Waals surface area contributed by atoms with Gasteiger partial charge in [-0.05, 0) is 52.0 Å². The highest BCUT2D eigenvalue weighted by molar-refractivity contribution is 5.79. The Bertz CT molecular complexity index is 772. The zero-order valence-corrected chi connectivity index (χ0v) is 16.0. The third-order valence-electron chi connectivity index (χ3n) is 4.97. The van der Waals surface area contributed by atoms with Crippen LogP contribution in [0.4, 0.5) is 0 Å². The smallest absolute Gasteiger partial charge is 0.215 e. The van der Waals surface area contributed by atoms with Crippen LogP contribution in [0.1, 0.15) is 70.7 Å². The minimum Gasteiger partial charge on any atom is -0.481 e. The van der Waals surface area contributed by atoms with E-state index < -0.39 is 5.60 Å². The molecule has 1 aliphatic rings. The molecule has 1 N–H and O–H groups in total. The minimum atomic E-state index is -0.917. The molecule has 0 saturated heterocycles. The Morgan fingerprint density at radius 1 is 1.31 bits per heavy atom. The first-order chi connectivity index (χ1) is 12.4. The number of aromatic nitrogens is 3. The van der Waals surface area contributed by atoms with Gasteiger partial charge in [-0.2, -0.15) is 4.98 Å². The molecule has 1 aliphatic carbocycles. The van der Waals surface area contributed by atoms with Crippen LogP contribution >= 0.6 is 0 Å². The van der Waals surface area contributed by atoms with E-state index in [0.29, 0.717) is 18.3 Å². The van der Waals surface area contributed by atoms with Gasteiger partial charge in [0.15, 0.2) is 5.65 Å². The van der Waals surface area contributed by atoms with Crippen molar-refractivity contribution in [3.63, 3.8) is 0 Å². The Balaban J connectivity index is 1.66. The van der Waals surface area contributed by atoms with Crippen molar-refractivity contribution in [3.8, 4) is 5.88 Å². The van der Waals surface area contributed by atoms with Gasteiger partial charge in [-0.3, -0.25) is 4.79 Å². The lowest BCUT2D eigenvalue weighted by atomic mass is 9.92. The highest BCUT2D eigenvalue weighted by atomic mass is 16.5. The van der Waals surface area contributed by atoms with Crippen molar-refractivity contribution in [2.24, 2.45) is 0 Å². The van der Waals surface area contributed by atoms with E-state index in [2.05, 4.69) is 9.55 Å². The number of pyridine rings is 1. The van der Waals surface area contributed by atoms with Gasteiger partial charge >= 0.3 is 0 Å². The van der Waals surface area contributed by atoms with Crippen molar-refractivity contribution >= 4 is 16.9 Å². The molecule has 0 atom stereocenters. The summed E-state index contributed by atoms with van der Waals surface area (Å²) in [5, 5.41) is 9.73. The summed E-state index contributed by atoms with van der Waals surface area (Å²) in [6.07, 6.45) is 6.88. The number of hydrogen-bond acceptors (Lipinski definition) is 5. The predicted molar refractivity (Wildman–Crippen MR) is 100 cm³/mol. The van der Waals surface area contributed by atoms with Gasteiger partial charge in [0, 0.05) is 31.4 Å². The monoisotopic (exact) mass is 359 g/mol. The molecule has 6 heteroatoms. The molecule has 0 radical (unpaired) electrons. The maximum absolute atomic E-state index is 11.9. The molecule has 3 rings (SSSR count). The van der Waals surface area contributed by atoms with Crippen molar-refractivity contribution in [2.45, 2.75) is 76.9 Å². The van der Waals surface area contributed by atoms with Crippen molar-refractivity contribution in [3.05, 3.63) is 18.0 Å². The summed E-state index contributed by atoms with van der Waals surface area (Å²) in [6, 6.07) is 4.29. The molecule has 6 nitrogen and oxygen atoms in total. The summed E-state index contributed by atoms with van der Waals surface area (Å²) in [7, 11) is 1.63. The van der Waals surface area contributed by atoms with Gasteiger partial charge in [-0.25, -0.2) is 4.98 Å². The summed E-state index contributed by atoms with van der Waals surface area (Å²) in [5.74, 6) is 1.79. The number of imidazole rings is 1.